The average molecular weight is 613 g/mol. The number of hydrogen-bond donors (Lipinski definition) is 3. The van der Waals surface area contributed by atoms with Crippen LogP contribution in [-0.2, 0) is 10.0 Å². The van der Waals surface area contributed by atoms with E-state index in [4.69, 9.17) is 5.11 Å². The molecule has 10 nitrogen and oxygen atoms in total. The van der Waals surface area contributed by atoms with Gasteiger partial charge in [-0.3, -0.25) is 9.52 Å². The third-order valence-electron chi connectivity index (χ3n) is 7.87. The summed E-state index contributed by atoms with van der Waals surface area (Å²) in [5, 5.41) is 11.8. The minimum absolute atomic E-state index is 0.0648. The summed E-state index contributed by atoms with van der Waals surface area (Å²) in [5.41, 5.74) is 1.33. The van der Waals surface area contributed by atoms with Crippen molar-refractivity contribution in [1.82, 2.24) is 9.97 Å². The van der Waals surface area contributed by atoms with Crippen molar-refractivity contribution < 1.29 is 35.9 Å². The van der Waals surface area contributed by atoms with Crippen LogP contribution in [0.1, 0.15) is 54.6 Å². The highest BCUT2D eigenvalue weighted by Gasteiger charge is 2.41. The van der Waals surface area contributed by atoms with Crippen LogP contribution < -0.4 is 19.8 Å². The maximum absolute atomic E-state index is 13.7. The van der Waals surface area contributed by atoms with Gasteiger partial charge in [0, 0.05) is 49.8 Å². The standard InChI is InChI=1S/C27H32F4N6O4S/c1-16-12-23(34-26(32-16)36-8-6-27(30,31)7-9-36)33-25(39)21-5-2-18(35-42(40,41)11-10-38)15-22(21)37-19-3-4-20(37)14-17(13-19)24(28)29/h2,5,12,15,19-20,35,38H,3-4,6-11,13-14H2,1H3,(H,32,33,34,39). The number of carbonyl (C=O) groups excluding carboxylic acids is 1. The third kappa shape index (κ3) is 6.61. The number of aryl methyl sites for hydroxylation is 1. The second-order valence-corrected chi connectivity index (χ2v) is 12.8. The van der Waals surface area contributed by atoms with Crippen LogP contribution in [0, 0.1) is 6.92 Å². The van der Waals surface area contributed by atoms with E-state index in [0.29, 0.717) is 24.2 Å². The second kappa shape index (κ2) is 11.7. The number of sulfonamides is 1. The van der Waals surface area contributed by atoms with Crippen molar-refractivity contribution in [1.29, 1.82) is 0 Å². The predicted molar refractivity (Wildman–Crippen MR) is 150 cm³/mol. The van der Waals surface area contributed by atoms with Crippen molar-refractivity contribution in [3.05, 3.63) is 47.2 Å². The largest absolute Gasteiger partial charge is 0.395 e. The summed E-state index contributed by atoms with van der Waals surface area (Å²) >= 11 is 0. The summed E-state index contributed by atoms with van der Waals surface area (Å²) in [7, 11) is -3.87. The van der Waals surface area contributed by atoms with Crippen molar-refractivity contribution in [3.63, 3.8) is 0 Å². The second-order valence-electron chi connectivity index (χ2n) is 10.9. The van der Waals surface area contributed by atoms with E-state index in [2.05, 4.69) is 20.0 Å². The molecule has 0 aliphatic carbocycles. The van der Waals surface area contributed by atoms with Gasteiger partial charge < -0.3 is 20.2 Å². The van der Waals surface area contributed by atoms with E-state index in [1.165, 1.54) is 18.2 Å². The van der Waals surface area contributed by atoms with Crippen LogP contribution in [0.4, 0.5) is 40.7 Å². The van der Waals surface area contributed by atoms with E-state index in [9.17, 15) is 30.8 Å². The number of aliphatic hydroxyl groups is 1. The van der Waals surface area contributed by atoms with Crippen molar-refractivity contribution in [3.8, 4) is 0 Å². The van der Waals surface area contributed by atoms with E-state index in [1.54, 1.807) is 17.9 Å². The fourth-order valence-corrected chi connectivity index (χ4v) is 6.72. The molecule has 5 rings (SSSR count). The van der Waals surface area contributed by atoms with Gasteiger partial charge in [0.1, 0.15) is 5.82 Å². The van der Waals surface area contributed by atoms with Gasteiger partial charge >= 0.3 is 0 Å². The molecule has 4 heterocycles. The molecule has 3 N–H and O–H groups in total. The number of aliphatic hydroxyl groups excluding tert-OH is 1. The number of nitrogens with zero attached hydrogens (tertiary/aromatic N) is 4. The molecule has 3 saturated heterocycles. The van der Waals surface area contributed by atoms with Crippen LogP contribution in [-0.4, -0.2) is 72.9 Å². The normalized spacial score (nSPS) is 21.8. The number of aromatic nitrogens is 2. The van der Waals surface area contributed by atoms with Gasteiger partial charge in [-0.25, -0.2) is 22.2 Å². The van der Waals surface area contributed by atoms with Crippen molar-refractivity contribution >= 4 is 39.1 Å². The number of amides is 1. The van der Waals surface area contributed by atoms with Gasteiger partial charge in [-0.2, -0.15) is 13.8 Å². The Kier molecular flexibility index (Phi) is 8.34. The Balaban J connectivity index is 1.45. The molecule has 3 aliphatic rings. The highest BCUT2D eigenvalue weighted by molar-refractivity contribution is 7.92. The summed E-state index contributed by atoms with van der Waals surface area (Å²) in [5.74, 6) is -3.46. The zero-order valence-electron chi connectivity index (χ0n) is 22.9. The molecule has 1 aromatic heterocycles. The van der Waals surface area contributed by atoms with Crippen LogP contribution in [0.5, 0.6) is 0 Å². The summed E-state index contributed by atoms with van der Waals surface area (Å²) in [6.45, 7) is 1.24. The van der Waals surface area contributed by atoms with E-state index in [-0.39, 0.29) is 79.4 Å². The van der Waals surface area contributed by atoms with E-state index in [1.807, 2.05) is 4.90 Å². The first-order valence-corrected chi connectivity index (χ1v) is 15.4. The van der Waals surface area contributed by atoms with Crippen LogP contribution in [0.3, 0.4) is 0 Å². The number of hydrogen-bond acceptors (Lipinski definition) is 8. The third-order valence-corrected chi connectivity index (χ3v) is 9.13. The van der Waals surface area contributed by atoms with Crippen molar-refractivity contribution in [2.75, 3.05) is 45.3 Å². The monoisotopic (exact) mass is 612 g/mol. The summed E-state index contributed by atoms with van der Waals surface area (Å²) < 4.78 is 81.3. The Bertz CT molecular complexity index is 1480. The number of alkyl halides is 2. The minimum Gasteiger partial charge on any atom is -0.395 e. The van der Waals surface area contributed by atoms with Gasteiger partial charge in [0.05, 0.1) is 29.3 Å². The molecule has 1 amide bonds. The molecule has 2 bridgehead atoms. The number of fused-ring (bicyclic) bond motifs is 2. The van der Waals surface area contributed by atoms with Gasteiger partial charge in [0.2, 0.25) is 16.0 Å². The molecule has 2 atom stereocenters. The molecule has 1 aromatic carbocycles. The topological polar surface area (TPSA) is 128 Å². The summed E-state index contributed by atoms with van der Waals surface area (Å²) in [6.07, 6.45) is -0.829. The molecular weight excluding hydrogens is 580 g/mol. The molecule has 2 aromatic rings. The lowest BCUT2D eigenvalue weighted by atomic mass is 9.95. The zero-order chi connectivity index (χ0) is 30.2. The first-order valence-electron chi connectivity index (χ1n) is 13.7. The minimum atomic E-state index is -3.87. The number of rotatable bonds is 8. The summed E-state index contributed by atoms with van der Waals surface area (Å²) in [4.78, 5) is 25.9. The molecule has 3 fully saturated rings. The van der Waals surface area contributed by atoms with Crippen molar-refractivity contribution in [2.24, 2.45) is 0 Å². The predicted octanol–water partition coefficient (Wildman–Crippen LogP) is 4.29. The SMILES string of the molecule is Cc1cc(NC(=O)c2ccc(NS(=O)(=O)CCO)cc2N2C3CCC2CC(=C(F)F)C3)nc(N2CCC(F)(F)CC2)n1. The molecule has 42 heavy (non-hydrogen) atoms. The number of benzene rings is 1. The number of anilines is 4. The summed E-state index contributed by atoms with van der Waals surface area (Å²) in [6, 6.07) is 5.30. The Morgan fingerprint density at radius 2 is 1.76 bits per heavy atom. The molecule has 0 saturated carbocycles. The van der Waals surface area contributed by atoms with E-state index >= 15 is 0 Å². The van der Waals surface area contributed by atoms with E-state index < -0.39 is 40.3 Å². The lowest BCUT2D eigenvalue weighted by molar-refractivity contribution is -0.0222. The van der Waals surface area contributed by atoms with Gasteiger partial charge in [-0.1, -0.05) is 0 Å². The maximum Gasteiger partial charge on any atom is 0.269 e. The molecule has 2 unspecified atom stereocenters. The fraction of sp³-hybridized carbons (Fsp3) is 0.519. The number of piperidine rings is 2. The number of carbonyl (C=O) groups is 1. The van der Waals surface area contributed by atoms with Crippen molar-refractivity contribution in [2.45, 2.75) is 63.5 Å². The smallest absolute Gasteiger partial charge is 0.269 e. The lowest BCUT2D eigenvalue weighted by Gasteiger charge is -2.38. The average Bonchev–Trinajstić information content (AvgIpc) is 3.16. The molecule has 228 valence electrons. The number of halogens is 4. The van der Waals surface area contributed by atoms with E-state index in [0.717, 1.165) is 0 Å². The Morgan fingerprint density at radius 1 is 1.10 bits per heavy atom. The van der Waals surface area contributed by atoms with Gasteiger partial charge in [-0.15, -0.1) is 0 Å². The molecular formula is C27H32F4N6O4S. The fourth-order valence-electron chi connectivity index (χ4n) is 5.89. The van der Waals surface area contributed by atoms with Gasteiger partial charge in [0.25, 0.3) is 17.9 Å². The van der Waals surface area contributed by atoms with Crippen LogP contribution in [0.2, 0.25) is 0 Å². The van der Waals surface area contributed by atoms with Crippen LogP contribution in [0.15, 0.2) is 35.9 Å². The Morgan fingerprint density at radius 3 is 2.38 bits per heavy atom. The van der Waals surface area contributed by atoms with Crippen LogP contribution in [0.25, 0.3) is 0 Å². The maximum atomic E-state index is 13.7. The zero-order valence-corrected chi connectivity index (χ0v) is 23.7. The van der Waals surface area contributed by atoms with Gasteiger partial charge in [0.15, 0.2) is 0 Å². The molecule has 3 aliphatic heterocycles. The highest BCUT2D eigenvalue weighted by atomic mass is 32.2. The molecule has 0 spiro atoms. The van der Waals surface area contributed by atoms with Gasteiger partial charge in [-0.05, 0) is 56.4 Å². The number of nitrogens with one attached hydrogen (secondary N) is 2. The Labute approximate surface area is 240 Å². The lowest BCUT2D eigenvalue weighted by Crippen LogP contribution is -2.42. The quantitative estimate of drug-likeness (QED) is 0.377. The first-order chi connectivity index (χ1) is 19.8. The molecule has 0 radical (unpaired) electrons. The highest BCUT2D eigenvalue weighted by Crippen LogP contribution is 2.44. The Hall–Kier alpha value is -3.46. The first kappa shape index (κ1) is 30.0. The molecule has 15 heteroatoms. The van der Waals surface area contributed by atoms with Crippen LogP contribution >= 0.6 is 0 Å².